The number of hydrogen-bond acceptors (Lipinski definition) is 7. The minimum absolute atomic E-state index is 0.00557. The fourth-order valence-electron chi connectivity index (χ4n) is 3.36. The lowest BCUT2D eigenvalue weighted by atomic mass is 9.85. The molecule has 1 aromatic carbocycles. The largest absolute Gasteiger partial charge is 0.493 e. The molecule has 178 valence electrons. The van der Waals surface area contributed by atoms with E-state index in [1.165, 1.54) is 9.20 Å². The Labute approximate surface area is 193 Å². The van der Waals surface area contributed by atoms with E-state index in [9.17, 15) is 4.79 Å². The minimum atomic E-state index is -0.160. The summed E-state index contributed by atoms with van der Waals surface area (Å²) in [5, 5.41) is 17.2. The summed E-state index contributed by atoms with van der Waals surface area (Å²) in [4.78, 5) is 13.2. The maximum Gasteiger partial charge on any atom is 0.242 e. The molecule has 2 aromatic heterocycles. The zero-order valence-electron chi connectivity index (χ0n) is 20.3. The van der Waals surface area contributed by atoms with Gasteiger partial charge >= 0.3 is 0 Å². The lowest BCUT2D eigenvalue weighted by Crippen LogP contribution is -2.26. The summed E-state index contributed by atoms with van der Waals surface area (Å²) in [7, 11) is 1.66. The number of aryl methyl sites for hydroxylation is 1. The van der Waals surface area contributed by atoms with E-state index in [2.05, 4.69) is 31.0 Å². The summed E-state index contributed by atoms with van der Waals surface area (Å²) in [5.74, 6) is 0.902. The van der Waals surface area contributed by atoms with Gasteiger partial charge in [0.2, 0.25) is 11.5 Å². The van der Waals surface area contributed by atoms with Gasteiger partial charge < -0.3 is 14.2 Å². The van der Waals surface area contributed by atoms with Gasteiger partial charge in [-0.2, -0.15) is 4.52 Å². The first-order chi connectivity index (χ1) is 15.6. The number of aromatic nitrogens is 4. The van der Waals surface area contributed by atoms with Gasteiger partial charge in [0.25, 0.3) is 0 Å². The molecule has 3 aromatic rings. The highest BCUT2D eigenvalue weighted by Gasteiger charge is 2.20. The van der Waals surface area contributed by atoms with Crippen LogP contribution in [-0.2, 0) is 16.7 Å². The van der Waals surface area contributed by atoms with Crippen LogP contribution in [0.15, 0.2) is 24.3 Å². The molecule has 0 bridgehead atoms. The van der Waals surface area contributed by atoms with Crippen LogP contribution >= 0.6 is 0 Å². The van der Waals surface area contributed by atoms with Gasteiger partial charge in [0.15, 0.2) is 11.4 Å². The SMILES string of the molecule is CCOc1cc(C)c2nn(CC(=O)c3cc(OCCCOC)cc(C(C)(C)C)c3)c(=N)n2n1. The molecule has 0 unspecified atom stereocenters. The van der Waals surface area contributed by atoms with E-state index in [1.54, 1.807) is 19.2 Å². The number of carbonyl (C=O) groups excluding carboxylic acids is 1. The third kappa shape index (κ3) is 5.78. The van der Waals surface area contributed by atoms with Gasteiger partial charge in [0, 0.05) is 37.3 Å². The van der Waals surface area contributed by atoms with E-state index in [0.717, 1.165) is 17.5 Å². The van der Waals surface area contributed by atoms with Gasteiger partial charge in [-0.25, -0.2) is 4.68 Å². The molecule has 0 radical (unpaired) electrons. The first-order valence-corrected chi connectivity index (χ1v) is 11.1. The summed E-state index contributed by atoms with van der Waals surface area (Å²) < 4.78 is 19.2. The van der Waals surface area contributed by atoms with Crippen molar-refractivity contribution in [3.8, 4) is 11.6 Å². The smallest absolute Gasteiger partial charge is 0.242 e. The number of methoxy groups -OCH3 is 1. The van der Waals surface area contributed by atoms with E-state index < -0.39 is 0 Å². The topological polar surface area (TPSA) is 104 Å². The predicted molar refractivity (Wildman–Crippen MR) is 124 cm³/mol. The molecule has 0 fully saturated rings. The van der Waals surface area contributed by atoms with Gasteiger partial charge in [-0.15, -0.1) is 10.2 Å². The normalized spacial score (nSPS) is 11.7. The fourth-order valence-corrected chi connectivity index (χ4v) is 3.36. The number of rotatable bonds is 10. The summed E-state index contributed by atoms with van der Waals surface area (Å²) in [5.41, 5.74) is 2.70. The van der Waals surface area contributed by atoms with Crippen molar-refractivity contribution in [3.05, 3.63) is 46.6 Å². The number of hydrogen-bond donors (Lipinski definition) is 1. The molecular weight excluding hydrogens is 422 g/mol. The number of nitrogens with one attached hydrogen (secondary N) is 1. The third-order valence-corrected chi connectivity index (χ3v) is 5.19. The van der Waals surface area contributed by atoms with Crippen molar-refractivity contribution in [2.75, 3.05) is 26.9 Å². The Bertz CT molecular complexity index is 1190. The van der Waals surface area contributed by atoms with Gasteiger partial charge in [0.05, 0.1) is 13.2 Å². The number of nitrogens with zero attached hydrogens (tertiary/aromatic N) is 4. The van der Waals surface area contributed by atoms with Crippen molar-refractivity contribution in [3.63, 3.8) is 0 Å². The zero-order valence-corrected chi connectivity index (χ0v) is 20.3. The monoisotopic (exact) mass is 455 g/mol. The van der Waals surface area contributed by atoms with Crippen LogP contribution in [0.5, 0.6) is 11.6 Å². The summed E-state index contributed by atoms with van der Waals surface area (Å²) in [6, 6.07) is 7.39. The van der Waals surface area contributed by atoms with E-state index in [0.29, 0.717) is 42.7 Å². The Morgan fingerprint density at radius 1 is 1.09 bits per heavy atom. The van der Waals surface area contributed by atoms with Crippen LogP contribution in [0.3, 0.4) is 0 Å². The van der Waals surface area contributed by atoms with E-state index in [-0.39, 0.29) is 23.4 Å². The molecule has 0 atom stereocenters. The van der Waals surface area contributed by atoms with Gasteiger partial charge in [-0.3, -0.25) is 10.2 Å². The molecule has 0 spiro atoms. The molecule has 0 saturated heterocycles. The number of fused-ring (bicyclic) bond motifs is 1. The Balaban J connectivity index is 1.91. The quantitative estimate of drug-likeness (QED) is 0.372. The highest BCUT2D eigenvalue weighted by atomic mass is 16.5. The second kappa shape index (κ2) is 10.2. The Hall–Kier alpha value is -3.20. The second-order valence-corrected chi connectivity index (χ2v) is 8.93. The summed E-state index contributed by atoms with van der Waals surface area (Å²) >= 11 is 0. The molecule has 9 nitrogen and oxygen atoms in total. The lowest BCUT2D eigenvalue weighted by Gasteiger charge is -2.21. The van der Waals surface area contributed by atoms with Crippen LogP contribution in [0.4, 0.5) is 0 Å². The van der Waals surface area contributed by atoms with Crippen molar-refractivity contribution >= 4 is 11.4 Å². The highest BCUT2D eigenvalue weighted by Crippen LogP contribution is 2.28. The molecule has 33 heavy (non-hydrogen) atoms. The Morgan fingerprint density at radius 2 is 1.85 bits per heavy atom. The Kier molecular flexibility index (Phi) is 7.53. The molecule has 1 N–H and O–H groups in total. The molecule has 0 aliphatic rings. The number of carbonyl (C=O) groups is 1. The fraction of sp³-hybridized carbons (Fsp3) is 0.500. The second-order valence-electron chi connectivity index (χ2n) is 8.93. The molecule has 0 aliphatic heterocycles. The maximum absolute atomic E-state index is 13.2. The standard InChI is InChI=1S/C24H33N5O4/c1-7-32-21-11-16(2)22-27-28(23(25)29(22)26-21)15-20(30)17-12-18(24(3,4)5)14-19(13-17)33-10-8-9-31-6/h11-14,25H,7-10,15H2,1-6H3. The van der Waals surface area contributed by atoms with E-state index in [4.69, 9.17) is 19.6 Å². The number of benzene rings is 1. The van der Waals surface area contributed by atoms with E-state index >= 15 is 0 Å². The molecule has 2 heterocycles. The van der Waals surface area contributed by atoms with Crippen LogP contribution in [-0.4, -0.2) is 52.1 Å². The molecule has 0 saturated carbocycles. The van der Waals surface area contributed by atoms with Crippen LogP contribution in [0.2, 0.25) is 0 Å². The van der Waals surface area contributed by atoms with Crippen molar-refractivity contribution < 1.29 is 19.0 Å². The van der Waals surface area contributed by atoms with E-state index in [1.807, 2.05) is 26.0 Å². The van der Waals surface area contributed by atoms with Crippen molar-refractivity contribution in [1.82, 2.24) is 19.4 Å². The maximum atomic E-state index is 13.2. The van der Waals surface area contributed by atoms with Crippen molar-refractivity contribution in [2.45, 2.75) is 53.0 Å². The summed E-state index contributed by atoms with van der Waals surface area (Å²) in [6.07, 6.45) is 0.759. The molecule has 3 rings (SSSR count). The summed E-state index contributed by atoms with van der Waals surface area (Å²) in [6.45, 7) is 11.5. The number of ether oxygens (including phenoxy) is 3. The molecule has 0 aliphatic carbocycles. The van der Waals surface area contributed by atoms with Crippen LogP contribution < -0.4 is 15.1 Å². The number of Topliss-reactive ketones (excluding diaryl/α,β-unsaturated/α-hetero) is 1. The van der Waals surface area contributed by atoms with Gasteiger partial charge in [-0.05, 0) is 43.0 Å². The highest BCUT2D eigenvalue weighted by molar-refractivity contribution is 5.96. The lowest BCUT2D eigenvalue weighted by molar-refractivity contribution is 0.0964. The van der Waals surface area contributed by atoms with Gasteiger partial charge in [-0.1, -0.05) is 20.8 Å². The third-order valence-electron chi connectivity index (χ3n) is 5.19. The first kappa shape index (κ1) is 24.4. The van der Waals surface area contributed by atoms with Crippen LogP contribution in [0.25, 0.3) is 5.65 Å². The van der Waals surface area contributed by atoms with Crippen LogP contribution in [0, 0.1) is 12.3 Å². The van der Waals surface area contributed by atoms with Gasteiger partial charge in [0.1, 0.15) is 12.3 Å². The molecule has 9 heteroatoms. The zero-order chi connectivity index (χ0) is 24.2. The molecular formula is C24H33N5O4. The average Bonchev–Trinajstić information content (AvgIpc) is 3.07. The van der Waals surface area contributed by atoms with Crippen molar-refractivity contribution in [2.24, 2.45) is 0 Å². The average molecular weight is 456 g/mol. The number of ketones is 1. The minimum Gasteiger partial charge on any atom is -0.493 e. The molecule has 0 amide bonds. The first-order valence-electron chi connectivity index (χ1n) is 11.1. The predicted octanol–water partition coefficient (Wildman–Crippen LogP) is 3.31. The Morgan fingerprint density at radius 3 is 2.52 bits per heavy atom. The van der Waals surface area contributed by atoms with Crippen LogP contribution in [0.1, 0.15) is 55.6 Å². The van der Waals surface area contributed by atoms with Crippen molar-refractivity contribution in [1.29, 1.82) is 5.41 Å².